The van der Waals surface area contributed by atoms with E-state index in [-0.39, 0.29) is 29.3 Å². The maximum atomic E-state index is 13.0. The lowest BCUT2D eigenvalue weighted by molar-refractivity contribution is 0.0747. The van der Waals surface area contributed by atoms with E-state index in [1.165, 1.54) is 23.2 Å². The minimum Gasteiger partial charge on any atom is -0.338 e. The fraction of sp³-hybridized carbons (Fsp3) is 0.333. The van der Waals surface area contributed by atoms with Crippen LogP contribution in [0.5, 0.6) is 0 Å². The van der Waals surface area contributed by atoms with Crippen molar-refractivity contribution in [2.45, 2.75) is 18.9 Å². The van der Waals surface area contributed by atoms with Crippen molar-refractivity contribution in [3.8, 4) is 0 Å². The van der Waals surface area contributed by atoms with Crippen molar-refractivity contribution >= 4 is 15.7 Å². The predicted octanol–water partition coefficient (Wildman–Crippen LogP) is 2.07. The Labute approximate surface area is 146 Å². The average molecular weight is 362 g/mol. The molecular weight excluding hydrogens is 343 g/mol. The van der Waals surface area contributed by atoms with E-state index >= 15 is 0 Å². The predicted molar refractivity (Wildman–Crippen MR) is 92.6 cm³/mol. The highest BCUT2D eigenvalue weighted by molar-refractivity contribution is 7.91. The topological polar surface area (TPSA) is 67.3 Å². The zero-order valence-corrected chi connectivity index (χ0v) is 14.7. The van der Waals surface area contributed by atoms with Gasteiger partial charge in [-0.2, -0.15) is 0 Å². The van der Waals surface area contributed by atoms with Gasteiger partial charge in [0.25, 0.3) is 5.91 Å². The van der Waals surface area contributed by atoms with Gasteiger partial charge in [0, 0.05) is 25.5 Å². The summed E-state index contributed by atoms with van der Waals surface area (Å²) in [4.78, 5) is 18.2. The Morgan fingerprint density at radius 3 is 2.60 bits per heavy atom. The number of halogens is 1. The monoisotopic (exact) mass is 362 g/mol. The lowest BCUT2D eigenvalue weighted by atomic mass is 10.0. The number of aromatic nitrogens is 1. The van der Waals surface area contributed by atoms with Gasteiger partial charge < -0.3 is 4.90 Å². The quantitative estimate of drug-likeness (QED) is 0.835. The Morgan fingerprint density at radius 2 is 1.96 bits per heavy atom. The summed E-state index contributed by atoms with van der Waals surface area (Å²) >= 11 is 0. The molecule has 2 aromatic rings. The lowest BCUT2D eigenvalue weighted by Crippen LogP contribution is -2.37. The maximum absolute atomic E-state index is 13.0. The van der Waals surface area contributed by atoms with Gasteiger partial charge in [-0.05, 0) is 42.2 Å². The van der Waals surface area contributed by atoms with Gasteiger partial charge in [-0.3, -0.25) is 9.78 Å². The summed E-state index contributed by atoms with van der Waals surface area (Å²) in [5.41, 5.74) is 2.18. The van der Waals surface area contributed by atoms with E-state index in [1.54, 1.807) is 31.4 Å². The summed E-state index contributed by atoms with van der Waals surface area (Å²) in [7, 11) is -1.42. The first-order chi connectivity index (χ1) is 11.8. The minimum absolute atomic E-state index is 0.0118. The Hall–Kier alpha value is -2.28. The van der Waals surface area contributed by atoms with Crippen LogP contribution in [0.4, 0.5) is 4.39 Å². The van der Waals surface area contributed by atoms with Crippen LogP contribution in [0.15, 0.2) is 42.7 Å². The van der Waals surface area contributed by atoms with Crippen LogP contribution in [0, 0.1) is 5.82 Å². The second-order valence-corrected chi connectivity index (χ2v) is 8.59. The van der Waals surface area contributed by atoms with Crippen molar-refractivity contribution in [3.05, 3.63) is 65.2 Å². The molecule has 25 heavy (non-hydrogen) atoms. The summed E-state index contributed by atoms with van der Waals surface area (Å²) in [5.74, 6) is -0.398. The number of hydrogen-bond acceptors (Lipinski definition) is 4. The first kappa shape index (κ1) is 17.5. The summed E-state index contributed by atoms with van der Waals surface area (Å²) in [6.45, 7) is 0. The molecule has 1 aromatic carbocycles. The first-order valence-corrected chi connectivity index (χ1v) is 9.82. The fourth-order valence-corrected chi connectivity index (χ4v) is 4.76. The summed E-state index contributed by atoms with van der Waals surface area (Å²) in [5, 5.41) is 0. The summed E-state index contributed by atoms with van der Waals surface area (Å²) in [6.07, 6.45) is 4.15. The van der Waals surface area contributed by atoms with Crippen molar-refractivity contribution in [1.29, 1.82) is 0 Å². The van der Waals surface area contributed by atoms with E-state index in [1.807, 2.05) is 0 Å². The van der Waals surface area contributed by atoms with Crippen LogP contribution < -0.4 is 0 Å². The molecule has 0 spiro atoms. The molecule has 132 valence electrons. The fourth-order valence-electron chi connectivity index (χ4n) is 2.99. The van der Waals surface area contributed by atoms with Gasteiger partial charge >= 0.3 is 0 Å². The molecule has 1 aliphatic rings. The van der Waals surface area contributed by atoms with Gasteiger partial charge in [0.05, 0.1) is 17.1 Å². The molecule has 1 saturated heterocycles. The van der Waals surface area contributed by atoms with Crippen molar-refractivity contribution in [3.63, 3.8) is 0 Å². The lowest BCUT2D eigenvalue weighted by Gasteiger charge is -2.23. The van der Waals surface area contributed by atoms with Gasteiger partial charge in [0.15, 0.2) is 9.84 Å². The van der Waals surface area contributed by atoms with Gasteiger partial charge in [0.2, 0.25) is 0 Å². The first-order valence-electron chi connectivity index (χ1n) is 8.00. The second-order valence-electron chi connectivity index (χ2n) is 6.36. The van der Waals surface area contributed by atoms with Crippen LogP contribution in [-0.2, 0) is 16.3 Å². The third-order valence-corrected chi connectivity index (χ3v) is 6.19. The number of nitrogens with zero attached hydrogens (tertiary/aromatic N) is 2. The van der Waals surface area contributed by atoms with Gasteiger partial charge in [-0.1, -0.05) is 12.1 Å². The molecular formula is C18H19FN2O3S. The molecule has 0 radical (unpaired) electrons. The number of carbonyl (C=O) groups is 1. The molecule has 2 heterocycles. The van der Waals surface area contributed by atoms with E-state index in [0.29, 0.717) is 18.4 Å². The van der Waals surface area contributed by atoms with Crippen LogP contribution in [0.3, 0.4) is 0 Å². The number of hydrogen-bond donors (Lipinski definition) is 0. The number of amides is 1. The molecule has 0 bridgehead atoms. The number of benzene rings is 1. The SMILES string of the molecule is CN(C(=O)c1cncc(Cc2ccc(F)cc2)c1)C1CCS(=O)(=O)C1. The van der Waals surface area contributed by atoms with Gasteiger partial charge in [-0.15, -0.1) is 0 Å². The van der Waals surface area contributed by atoms with Crippen molar-refractivity contribution < 1.29 is 17.6 Å². The molecule has 7 heteroatoms. The number of sulfone groups is 1. The maximum Gasteiger partial charge on any atom is 0.255 e. The Bertz CT molecular complexity index is 881. The molecule has 1 aromatic heterocycles. The molecule has 1 aliphatic heterocycles. The van der Waals surface area contributed by atoms with E-state index < -0.39 is 9.84 Å². The highest BCUT2D eigenvalue weighted by atomic mass is 32.2. The molecule has 0 saturated carbocycles. The zero-order chi connectivity index (χ0) is 18.0. The number of pyridine rings is 1. The summed E-state index contributed by atoms with van der Waals surface area (Å²) < 4.78 is 36.2. The van der Waals surface area contributed by atoms with Crippen LogP contribution >= 0.6 is 0 Å². The molecule has 1 amide bonds. The van der Waals surface area contributed by atoms with E-state index in [2.05, 4.69) is 4.98 Å². The highest BCUT2D eigenvalue weighted by Gasteiger charge is 2.33. The van der Waals surface area contributed by atoms with Crippen LogP contribution in [-0.4, -0.2) is 48.8 Å². The van der Waals surface area contributed by atoms with Gasteiger partial charge in [0.1, 0.15) is 5.82 Å². The van der Waals surface area contributed by atoms with Crippen molar-refractivity contribution in [1.82, 2.24) is 9.88 Å². The van der Waals surface area contributed by atoms with E-state index in [4.69, 9.17) is 0 Å². The molecule has 0 aliphatic carbocycles. The second kappa shape index (κ2) is 6.92. The number of rotatable bonds is 4. The number of carbonyl (C=O) groups excluding carboxylic acids is 1. The third-order valence-electron chi connectivity index (χ3n) is 4.44. The van der Waals surface area contributed by atoms with Crippen LogP contribution in [0.25, 0.3) is 0 Å². The third kappa shape index (κ3) is 4.22. The van der Waals surface area contributed by atoms with Crippen LogP contribution in [0.1, 0.15) is 27.9 Å². The molecule has 1 atom stereocenters. The molecule has 0 N–H and O–H groups in total. The average Bonchev–Trinajstić information content (AvgIpc) is 2.96. The minimum atomic E-state index is -3.05. The summed E-state index contributed by atoms with van der Waals surface area (Å²) in [6, 6.07) is 7.63. The normalized spacial score (nSPS) is 18.9. The largest absolute Gasteiger partial charge is 0.338 e. The molecule has 5 nitrogen and oxygen atoms in total. The highest BCUT2D eigenvalue weighted by Crippen LogP contribution is 2.19. The van der Waals surface area contributed by atoms with Crippen molar-refractivity contribution in [2.75, 3.05) is 18.6 Å². The molecule has 3 rings (SSSR count). The van der Waals surface area contributed by atoms with E-state index in [9.17, 15) is 17.6 Å². The molecule has 1 fully saturated rings. The van der Waals surface area contributed by atoms with Crippen molar-refractivity contribution in [2.24, 2.45) is 0 Å². The standard InChI is InChI=1S/C18H19FN2O3S/c1-21(17-6-7-25(23,24)12-17)18(22)15-9-14(10-20-11-15)8-13-2-4-16(19)5-3-13/h2-5,9-11,17H,6-8,12H2,1H3. The Balaban J connectivity index is 1.74. The smallest absolute Gasteiger partial charge is 0.255 e. The Morgan fingerprint density at radius 1 is 1.24 bits per heavy atom. The zero-order valence-electron chi connectivity index (χ0n) is 13.9. The van der Waals surface area contributed by atoms with E-state index in [0.717, 1.165) is 11.1 Å². The van der Waals surface area contributed by atoms with Gasteiger partial charge in [-0.25, -0.2) is 12.8 Å². The van der Waals surface area contributed by atoms with Crippen LogP contribution in [0.2, 0.25) is 0 Å². The Kier molecular flexibility index (Phi) is 4.85. The molecule has 1 unspecified atom stereocenters.